The Bertz CT molecular complexity index is 441. The van der Waals surface area contributed by atoms with Gasteiger partial charge in [0.2, 0.25) is 0 Å². The fourth-order valence-corrected chi connectivity index (χ4v) is 2.29. The second kappa shape index (κ2) is 5.00. The Balaban J connectivity index is 2.08. The molecule has 17 heavy (non-hydrogen) atoms. The number of hydrogen-bond acceptors (Lipinski definition) is 1. The first-order valence-electron chi connectivity index (χ1n) is 5.11. The second-order valence-electron chi connectivity index (χ2n) is 3.56. The molecule has 2 rings (SSSR count). The van der Waals surface area contributed by atoms with Gasteiger partial charge in [0.25, 0.3) is 0 Å². The third-order valence-corrected chi connectivity index (χ3v) is 3.32. The van der Waals surface area contributed by atoms with Crippen LogP contribution >= 0.6 is 11.8 Å². The van der Waals surface area contributed by atoms with Gasteiger partial charge in [-0.25, -0.2) is 0 Å². The lowest BCUT2D eigenvalue weighted by Crippen LogP contribution is -2.03. The van der Waals surface area contributed by atoms with Crippen molar-refractivity contribution in [1.29, 1.82) is 0 Å². The largest absolute Gasteiger partial charge is 0.416 e. The number of allylic oxidation sites excluding steroid dienone is 3. The van der Waals surface area contributed by atoms with Crippen LogP contribution in [0.3, 0.4) is 0 Å². The van der Waals surface area contributed by atoms with Crippen LogP contribution in [0, 0.1) is 6.42 Å². The summed E-state index contributed by atoms with van der Waals surface area (Å²) in [7, 11) is 0. The van der Waals surface area contributed by atoms with Gasteiger partial charge in [0, 0.05) is 9.80 Å². The molecule has 1 aromatic rings. The van der Waals surface area contributed by atoms with Crippen molar-refractivity contribution in [3.05, 3.63) is 59.4 Å². The fourth-order valence-electron chi connectivity index (χ4n) is 1.42. The number of halogens is 3. The van der Waals surface area contributed by atoms with E-state index in [-0.39, 0.29) is 0 Å². The summed E-state index contributed by atoms with van der Waals surface area (Å²) in [5.74, 6) is 0. The molecule has 1 aromatic carbocycles. The third-order valence-electron chi connectivity index (χ3n) is 2.27. The molecule has 1 aliphatic rings. The molecule has 0 aliphatic heterocycles. The maximum absolute atomic E-state index is 12.3. The summed E-state index contributed by atoms with van der Waals surface area (Å²) >= 11 is 1.47. The molecule has 0 amide bonds. The third kappa shape index (κ3) is 3.40. The van der Waals surface area contributed by atoms with Crippen LogP contribution < -0.4 is 0 Å². The summed E-state index contributed by atoms with van der Waals surface area (Å²) in [6.45, 7) is 0. The molecule has 0 nitrogen and oxygen atoms in total. The molecule has 0 spiro atoms. The number of alkyl halides is 3. The smallest absolute Gasteiger partial charge is 0.166 e. The standard InChI is InChI=1S/C13H10F3S/c14-13(15,16)10-6-8-12(9-7-10)17-11-4-2-1-3-5-11/h1-2,4-9H,3H2. The Kier molecular flexibility index (Phi) is 3.62. The van der Waals surface area contributed by atoms with E-state index in [0.29, 0.717) is 0 Å². The molecule has 4 heteroatoms. The zero-order valence-electron chi connectivity index (χ0n) is 8.87. The highest BCUT2D eigenvalue weighted by Gasteiger charge is 2.29. The molecule has 0 fully saturated rings. The van der Waals surface area contributed by atoms with Gasteiger partial charge >= 0.3 is 6.18 Å². The van der Waals surface area contributed by atoms with Gasteiger partial charge in [0.05, 0.1) is 5.56 Å². The van der Waals surface area contributed by atoms with Crippen LogP contribution in [0.15, 0.2) is 52.3 Å². The van der Waals surface area contributed by atoms with Crippen molar-refractivity contribution in [3.8, 4) is 0 Å². The van der Waals surface area contributed by atoms with Crippen LogP contribution in [-0.4, -0.2) is 0 Å². The van der Waals surface area contributed by atoms with Crippen molar-refractivity contribution < 1.29 is 13.2 Å². The molecule has 1 aliphatic carbocycles. The van der Waals surface area contributed by atoms with Crippen molar-refractivity contribution in [3.63, 3.8) is 0 Å². The molecular formula is C13H10F3S. The lowest BCUT2D eigenvalue weighted by atomic mass is 10.2. The Morgan fingerprint density at radius 1 is 1.06 bits per heavy atom. The predicted octanol–water partition coefficient (Wildman–Crippen LogP) is 4.85. The normalized spacial score (nSPS) is 15.8. The van der Waals surface area contributed by atoms with E-state index in [1.807, 2.05) is 24.6 Å². The molecule has 0 heterocycles. The van der Waals surface area contributed by atoms with Gasteiger partial charge in [-0.3, -0.25) is 0 Å². The highest BCUT2D eigenvalue weighted by atomic mass is 32.2. The van der Waals surface area contributed by atoms with Gasteiger partial charge in [-0.2, -0.15) is 13.2 Å². The van der Waals surface area contributed by atoms with Crippen molar-refractivity contribution in [2.75, 3.05) is 0 Å². The molecule has 0 N–H and O–H groups in total. The zero-order valence-corrected chi connectivity index (χ0v) is 9.68. The molecule has 1 radical (unpaired) electrons. The van der Waals surface area contributed by atoms with Crippen LogP contribution in [0.5, 0.6) is 0 Å². The highest BCUT2D eigenvalue weighted by Crippen LogP contribution is 2.33. The molecule has 0 aromatic heterocycles. The molecule has 0 atom stereocenters. The van der Waals surface area contributed by atoms with Crippen molar-refractivity contribution >= 4 is 11.8 Å². The Morgan fingerprint density at radius 3 is 2.29 bits per heavy atom. The lowest BCUT2D eigenvalue weighted by molar-refractivity contribution is -0.137. The monoisotopic (exact) mass is 255 g/mol. The SMILES string of the molecule is FC(F)(F)c1ccc(SC2=CC[CH]C=C2)cc1. The van der Waals surface area contributed by atoms with Gasteiger partial charge in [-0.1, -0.05) is 30.0 Å². The van der Waals surface area contributed by atoms with Crippen LogP contribution in [0.1, 0.15) is 12.0 Å². The van der Waals surface area contributed by atoms with E-state index in [9.17, 15) is 13.2 Å². The average molecular weight is 255 g/mol. The van der Waals surface area contributed by atoms with Gasteiger partial charge in [-0.15, -0.1) is 0 Å². The van der Waals surface area contributed by atoms with E-state index in [0.717, 1.165) is 28.4 Å². The second-order valence-corrected chi connectivity index (χ2v) is 4.71. The number of hydrogen-bond donors (Lipinski definition) is 0. The quantitative estimate of drug-likeness (QED) is 0.728. The van der Waals surface area contributed by atoms with E-state index in [4.69, 9.17) is 0 Å². The minimum Gasteiger partial charge on any atom is -0.166 e. The van der Waals surface area contributed by atoms with Crippen LogP contribution in [-0.2, 0) is 6.18 Å². The van der Waals surface area contributed by atoms with E-state index in [1.165, 1.54) is 23.9 Å². The van der Waals surface area contributed by atoms with E-state index < -0.39 is 11.7 Å². The average Bonchev–Trinajstić information content (AvgIpc) is 2.30. The first-order chi connectivity index (χ1) is 8.05. The first-order valence-corrected chi connectivity index (χ1v) is 5.92. The van der Waals surface area contributed by atoms with Crippen molar-refractivity contribution in [1.82, 2.24) is 0 Å². The summed E-state index contributed by atoms with van der Waals surface area (Å²) in [5.41, 5.74) is -0.608. The summed E-state index contributed by atoms with van der Waals surface area (Å²) in [4.78, 5) is 1.88. The Labute approximate surface area is 102 Å². The first kappa shape index (κ1) is 12.3. The van der Waals surface area contributed by atoms with Gasteiger partial charge in [0.1, 0.15) is 0 Å². The number of rotatable bonds is 2. The Morgan fingerprint density at radius 2 is 1.76 bits per heavy atom. The summed E-state index contributed by atoms with van der Waals surface area (Å²) in [6.07, 6.45) is 4.58. The van der Waals surface area contributed by atoms with Crippen LogP contribution in [0.25, 0.3) is 0 Å². The number of thioether (sulfide) groups is 1. The molecule has 0 bridgehead atoms. The minimum absolute atomic E-state index is 0.608. The van der Waals surface area contributed by atoms with Gasteiger partial charge in [-0.05, 0) is 37.1 Å². The van der Waals surface area contributed by atoms with E-state index in [2.05, 4.69) is 0 Å². The molecule has 89 valence electrons. The highest BCUT2D eigenvalue weighted by molar-refractivity contribution is 8.03. The maximum Gasteiger partial charge on any atom is 0.416 e. The maximum atomic E-state index is 12.3. The molecule has 0 unspecified atom stereocenters. The van der Waals surface area contributed by atoms with Crippen molar-refractivity contribution in [2.45, 2.75) is 17.5 Å². The summed E-state index contributed by atoms with van der Waals surface area (Å²) in [5, 5.41) is 0. The zero-order chi connectivity index (χ0) is 12.3. The van der Waals surface area contributed by atoms with Gasteiger partial charge in [0.15, 0.2) is 0 Å². The van der Waals surface area contributed by atoms with Gasteiger partial charge < -0.3 is 0 Å². The molecule has 0 saturated carbocycles. The fraction of sp³-hybridized carbons (Fsp3) is 0.154. The molecular weight excluding hydrogens is 245 g/mol. The molecule has 0 saturated heterocycles. The minimum atomic E-state index is -4.26. The summed E-state index contributed by atoms with van der Waals surface area (Å²) < 4.78 is 37.0. The van der Waals surface area contributed by atoms with Crippen LogP contribution in [0.2, 0.25) is 0 Å². The number of benzene rings is 1. The Hall–Kier alpha value is -1.16. The predicted molar refractivity (Wildman–Crippen MR) is 63.4 cm³/mol. The van der Waals surface area contributed by atoms with E-state index >= 15 is 0 Å². The van der Waals surface area contributed by atoms with Crippen LogP contribution in [0.4, 0.5) is 13.2 Å². The summed E-state index contributed by atoms with van der Waals surface area (Å²) in [6, 6.07) is 5.23. The lowest BCUT2D eigenvalue weighted by Gasteiger charge is -2.09. The van der Waals surface area contributed by atoms with Crippen molar-refractivity contribution in [2.24, 2.45) is 0 Å². The van der Waals surface area contributed by atoms with E-state index in [1.54, 1.807) is 0 Å². The topological polar surface area (TPSA) is 0 Å².